The molecular formula is C16H17F2NO2. The van der Waals surface area contributed by atoms with Gasteiger partial charge in [-0.15, -0.1) is 0 Å². The first-order chi connectivity index (χ1) is 10.1. The van der Waals surface area contributed by atoms with Gasteiger partial charge in [-0.25, -0.2) is 8.78 Å². The van der Waals surface area contributed by atoms with Crippen LogP contribution < -0.4 is 10.1 Å². The van der Waals surface area contributed by atoms with E-state index in [0.29, 0.717) is 30.8 Å². The number of methoxy groups -OCH3 is 1. The van der Waals surface area contributed by atoms with Crippen molar-refractivity contribution in [1.29, 1.82) is 0 Å². The maximum atomic E-state index is 13.0. The van der Waals surface area contributed by atoms with Gasteiger partial charge in [0.2, 0.25) is 0 Å². The lowest BCUT2D eigenvalue weighted by molar-refractivity contribution is 0.373. The Morgan fingerprint density at radius 2 is 1.76 bits per heavy atom. The number of aromatic hydroxyl groups is 1. The van der Waals surface area contributed by atoms with Gasteiger partial charge < -0.3 is 15.2 Å². The Labute approximate surface area is 122 Å². The van der Waals surface area contributed by atoms with Crippen LogP contribution in [-0.4, -0.2) is 18.8 Å². The van der Waals surface area contributed by atoms with Gasteiger partial charge in [0.15, 0.2) is 11.5 Å². The van der Waals surface area contributed by atoms with Crippen LogP contribution in [0, 0.1) is 11.6 Å². The average molecular weight is 293 g/mol. The zero-order chi connectivity index (χ0) is 15.2. The second-order valence-corrected chi connectivity index (χ2v) is 4.71. The molecule has 0 amide bonds. The molecule has 0 saturated heterocycles. The molecule has 0 radical (unpaired) electrons. The summed E-state index contributed by atoms with van der Waals surface area (Å²) in [6.45, 7) is 1.17. The van der Waals surface area contributed by atoms with Crippen LogP contribution in [0.2, 0.25) is 0 Å². The second-order valence-electron chi connectivity index (χ2n) is 4.71. The molecule has 0 spiro atoms. The van der Waals surface area contributed by atoms with Gasteiger partial charge in [-0.2, -0.15) is 0 Å². The fraction of sp³-hybridized carbons (Fsp3) is 0.250. The summed E-state index contributed by atoms with van der Waals surface area (Å²) < 4.78 is 31.1. The van der Waals surface area contributed by atoms with Crippen molar-refractivity contribution in [3.05, 3.63) is 59.2 Å². The molecule has 0 aliphatic rings. The van der Waals surface area contributed by atoms with E-state index in [-0.39, 0.29) is 5.75 Å². The number of phenols is 1. The Bertz CT molecular complexity index is 597. The van der Waals surface area contributed by atoms with E-state index in [1.165, 1.54) is 19.2 Å². The summed E-state index contributed by atoms with van der Waals surface area (Å²) in [5, 5.41) is 12.7. The number of nitrogens with one attached hydrogen (secondary N) is 1. The van der Waals surface area contributed by atoms with Crippen molar-refractivity contribution < 1.29 is 18.6 Å². The highest BCUT2D eigenvalue weighted by Gasteiger charge is 2.03. The molecule has 0 bridgehead atoms. The van der Waals surface area contributed by atoms with Crippen LogP contribution in [0.15, 0.2) is 36.4 Å². The Balaban J connectivity index is 1.84. The van der Waals surface area contributed by atoms with E-state index in [1.807, 2.05) is 0 Å². The minimum atomic E-state index is -0.562. The van der Waals surface area contributed by atoms with Crippen molar-refractivity contribution in [2.24, 2.45) is 0 Å². The normalized spacial score (nSPS) is 10.6. The lowest BCUT2D eigenvalue weighted by atomic mass is 10.1. The lowest BCUT2D eigenvalue weighted by Crippen LogP contribution is -2.16. The van der Waals surface area contributed by atoms with E-state index in [9.17, 15) is 13.9 Å². The Kier molecular flexibility index (Phi) is 5.11. The summed E-state index contributed by atoms with van der Waals surface area (Å²) in [6.07, 6.45) is 0.532. The molecule has 2 N–H and O–H groups in total. The van der Waals surface area contributed by atoms with Crippen molar-refractivity contribution in [3.8, 4) is 11.5 Å². The molecule has 0 fully saturated rings. The van der Waals surface area contributed by atoms with Crippen LogP contribution in [0.3, 0.4) is 0 Å². The summed E-state index contributed by atoms with van der Waals surface area (Å²) in [7, 11) is 1.49. The maximum absolute atomic E-state index is 13.0. The van der Waals surface area contributed by atoms with Gasteiger partial charge in [0, 0.05) is 12.6 Å². The van der Waals surface area contributed by atoms with E-state index in [1.54, 1.807) is 18.2 Å². The SMILES string of the molecule is COc1cc(CNCCc2cc(F)cc(F)c2)ccc1O. The van der Waals surface area contributed by atoms with E-state index in [2.05, 4.69) is 5.32 Å². The molecule has 0 unspecified atom stereocenters. The van der Waals surface area contributed by atoms with Crippen molar-refractivity contribution in [2.75, 3.05) is 13.7 Å². The fourth-order valence-corrected chi connectivity index (χ4v) is 2.05. The predicted octanol–water partition coefficient (Wildman–Crippen LogP) is 3.01. The maximum Gasteiger partial charge on any atom is 0.160 e. The van der Waals surface area contributed by atoms with Gasteiger partial charge in [-0.05, 0) is 48.4 Å². The molecule has 2 aromatic carbocycles. The minimum Gasteiger partial charge on any atom is -0.504 e. The number of hydrogen-bond acceptors (Lipinski definition) is 3. The molecule has 21 heavy (non-hydrogen) atoms. The van der Waals surface area contributed by atoms with E-state index in [0.717, 1.165) is 11.6 Å². The number of phenolic OH excluding ortho intramolecular Hbond substituents is 1. The first-order valence-electron chi connectivity index (χ1n) is 6.60. The van der Waals surface area contributed by atoms with E-state index < -0.39 is 11.6 Å². The topological polar surface area (TPSA) is 41.5 Å². The summed E-state index contributed by atoms with van der Waals surface area (Å²) >= 11 is 0. The molecule has 2 rings (SSSR count). The Hall–Kier alpha value is -2.14. The highest BCUT2D eigenvalue weighted by atomic mass is 19.1. The molecule has 0 heterocycles. The molecule has 5 heteroatoms. The highest BCUT2D eigenvalue weighted by Crippen LogP contribution is 2.26. The average Bonchev–Trinajstić information content (AvgIpc) is 2.44. The molecule has 0 saturated carbocycles. The molecule has 0 aliphatic heterocycles. The number of hydrogen-bond donors (Lipinski definition) is 2. The second kappa shape index (κ2) is 7.04. The van der Waals surface area contributed by atoms with Gasteiger partial charge in [0.05, 0.1) is 7.11 Å². The monoisotopic (exact) mass is 293 g/mol. The zero-order valence-corrected chi connectivity index (χ0v) is 11.7. The summed E-state index contributed by atoms with van der Waals surface area (Å²) in [4.78, 5) is 0. The molecule has 0 atom stereocenters. The lowest BCUT2D eigenvalue weighted by Gasteiger charge is -2.08. The molecule has 2 aromatic rings. The van der Waals surface area contributed by atoms with Crippen molar-refractivity contribution >= 4 is 0 Å². The van der Waals surface area contributed by atoms with Crippen LogP contribution in [0.25, 0.3) is 0 Å². The van der Waals surface area contributed by atoms with Crippen LogP contribution in [0.1, 0.15) is 11.1 Å². The van der Waals surface area contributed by atoms with Crippen LogP contribution >= 0.6 is 0 Å². The quantitative estimate of drug-likeness (QED) is 0.804. The molecule has 3 nitrogen and oxygen atoms in total. The first kappa shape index (κ1) is 15.3. The fourth-order valence-electron chi connectivity index (χ4n) is 2.05. The van der Waals surface area contributed by atoms with Crippen molar-refractivity contribution in [1.82, 2.24) is 5.32 Å². The summed E-state index contributed by atoms with van der Waals surface area (Å²) in [6, 6.07) is 8.61. The number of ether oxygens (including phenoxy) is 1. The first-order valence-corrected chi connectivity index (χ1v) is 6.60. The third-order valence-corrected chi connectivity index (χ3v) is 3.09. The predicted molar refractivity (Wildman–Crippen MR) is 76.4 cm³/mol. The third-order valence-electron chi connectivity index (χ3n) is 3.09. The van der Waals surface area contributed by atoms with Gasteiger partial charge in [-0.1, -0.05) is 6.07 Å². The molecule has 112 valence electrons. The van der Waals surface area contributed by atoms with Gasteiger partial charge in [-0.3, -0.25) is 0 Å². The summed E-state index contributed by atoms with van der Waals surface area (Å²) in [5.74, 6) is -0.612. The largest absolute Gasteiger partial charge is 0.504 e. The highest BCUT2D eigenvalue weighted by molar-refractivity contribution is 5.41. The van der Waals surface area contributed by atoms with E-state index in [4.69, 9.17) is 4.74 Å². The van der Waals surface area contributed by atoms with E-state index >= 15 is 0 Å². The molecule has 0 aliphatic carbocycles. The number of rotatable bonds is 6. The van der Waals surface area contributed by atoms with Crippen LogP contribution in [0.5, 0.6) is 11.5 Å². The van der Waals surface area contributed by atoms with Crippen LogP contribution in [0.4, 0.5) is 8.78 Å². The van der Waals surface area contributed by atoms with Crippen molar-refractivity contribution in [3.63, 3.8) is 0 Å². The number of halogens is 2. The van der Waals surface area contributed by atoms with Gasteiger partial charge >= 0.3 is 0 Å². The van der Waals surface area contributed by atoms with Gasteiger partial charge in [0.1, 0.15) is 11.6 Å². The standard InChI is InChI=1S/C16H17F2NO2/c1-21-16-8-12(2-3-15(16)20)10-19-5-4-11-6-13(17)9-14(18)7-11/h2-3,6-9,19-20H,4-5,10H2,1H3. The number of benzene rings is 2. The summed E-state index contributed by atoms with van der Waals surface area (Å²) in [5.41, 5.74) is 1.57. The Morgan fingerprint density at radius 1 is 1.05 bits per heavy atom. The van der Waals surface area contributed by atoms with Gasteiger partial charge in [0.25, 0.3) is 0 Å². The molecule has 0 aromatic heterocycles. The zero-order valence-electron chi connectivity index (χ0n) is 11.7. The van der Waals surface area contributed by atoms with Crippen LogP contribution in [-0.2, 0) is 13.0 Å². The third kappa shape index (κ3) is 4.43. The van der Waals surface area contributed by atoms with Crippen molar-refractivity contribution in [2.45, 2.75) is 13.0 Å². The minimum absolute atomic E-state index is 0.0940. The molecular weight excluding hydrogens is 276 g/mol. The smallest absolute Gasteiger partial charge is 0.160 e. The Morgan fingerprint density at radius 3 is 2.43 bits per heavy atom.